The molecule has 0 atom stereocenters. The van der Waals surface area contributed by atoms with E-state index in [0.29, 0.717) is 101 Å². The monoisotopic (exact) mass is 1740 g/mol. The lowest BCUT2D eigenvalue weighted by molar-refractivity contribution is 0.00578. The number of piperidine rings is 2. The van der Waals surface area contributed by atoms with Gasteiger partial charge in [0.15, 0.2) is 11.3 Å². The number of ether oxygens (including phenoxy) is 5. The number of pyridine rings is 2. The summed E-state index contributed by atoms with van der Waals surface area (Å²) in [5.74, 6) is 0.683. The highest BCUT2D eigenvalue weighted by atomic mass is 79.9. The molecule has 0 saturated carbocycles. The molecule has 26 nitrogen and oxygen atoms in total. The van der Waals surface area contributed by atoms with E-state index in [1.165, 1.54) is 0 Å². The summed E-state index contributed by atoms with van der Waals surface area (Å²) in [7, 11) is -0.482. The quantitative estimate of drug-likeness (QED) is 0.0248. The highest BCUT2D eigenvalue weighted by Gasteiger charge is 2.52. The molecule has 650 valence electrons. The van der Waals surface area contributed by atoms with Gasteiger partial charge in [0.05, 0.1) is 45.7 Å². The summed E-state index contributed by atoms with van der Waals surface area (Å²) in [5, 5.41) is 34.2. The van der Waals surface area contributed by atoms with Crippen LogP contribution in [0.15, 0.2) is 162 Å². The number of anilines is 2. The Bertz CT molecular complexity index is 5300. The van der Waals surface area contributed by atoms with E-state index in [0.717, 1.165) is 164 Å². The Morgan fingerprint density at radius 1 is 0.512 bits per heavy atom. The Labute approximate surface area is 730 Å². The molecule has 0 spiro atoms. The number of carbonyl (C=O) groups excluding carboxylic acids is 5. The SMILES string of the molecule is CC(C)(C)OC(=O)N1CCC(Oc2cccc(Br)c2)CC1.CCc1nc2c(cnn2CC)c(NC2CCOCC2)c1CNC(=O)c1cccc(C(=O)NCc2cccc(-c3cccc(OC4CCNCC4)c3)c2)c1.CCc1nc2c(cnn2CC)c(NC2CCOCC2)c1CNC(=O)c1cccc(C(=O)NCc2cccc(B3OC(C)(C)C(C)(C)O3)c2)c1. The van der Waals surface area contributed by atoms with E-state index in [9.17, 15) is 24.0 Å². The molecule has 10 aromatic rings. The van der Waals surface area contributed by atoms with Gasteiger partial charge < -0.3 is 75.1 Å². The first-order valence-corrected chi connectivity index (χ1v) is 44.3. The first kappa shape index (κ1) is 90.0. The maximum absolute atomic E-state index is 13.6. The molecule has 28 heteroatoms. The third-order valence-corrected chi connectivity index (χ3v) is 23.7. The normalized spacial score (nSPS) is 16.3. The lowest BCUT2D eigenvalue weighted by Gasteiger charge is -2.33. The molecule has 5 amide bonds. The van der Waals surface area contributed by atoms with Gasteiger partial charge in [-0.25, -0.2) is 24.1 Å². The van der Waals surface area contributed by atoms with Crippen molar-refractivity contribution in [2.24, 2.45) is 0 Å². The predicted octanol–water partition coefficient (Wildman–Crippen LogP) is 15.3. The molecule has 0 aliphatic carbocycles. The zero-order valence-corrected chi connectivity index (χ0v) is 74.4. The minimum atomic E-state index is -0.482. The summed E-state index contributed by atoms with van der Waals surface area (Å²) in [6.07, 6.45) is 12.5. The van der Waals surface area contributed by atoms with E-state index in [1.807, 2.05) is 150 Å². The van der Waals surface area contributed by atoms with E-state index < -0.39 is 23.9 Å². The predicted molar refractivity (Wildman–Crippen MR) is 484 cm³/mol. The van der Waals surface area contributed by atoms with Crippen LogP contribution in [-0.4, -0.2) is 165 Å². The summed E-state index contributed by atoms with van der Waals surface area (Å²) in [6.45, 7) is 30.8. The van der Waals surface area contributed by atoms with Gasteiger partial charge in [-0.1, -0.05) is 103 Å². The molecule has 4 aromatic heterocycles. The summed E-state index contributed by atoms with van der Waals surface area (Å²) >= 11 is 3.43. The molecule has 9 heterocycles. The van der Waals surface area contributed by atoms with Gasteiger partial charge in [-0.15, -0.1) is 0 Å². The van der Waals surface area contributed by atoms with Crippen LogP contribution in [0, 0.1) is 0 Å². The van der Waals surface area contributed by atoms with Crippen molar-refractivity contribution in [2.45, 2.75) is 221 Å². The molecule has 5 saturated heterocycles. The number of hydrogen-bond acceptors (Lipinski definition) is 19. The Hall–Kier alpha value is -10.7. The summed E-state index contributed by atoms with van der Waals surface area (Å²) < 4.78 is 46.0. The van der Waals surface area contributed by atoms with Crippen molar-refractivity contribution in [1.82, 2.24) is 61.0 Å². The molecule has 7 N–H and O–H groups in total. The zero-order chi connectivity index (χ0) is 86.8. The van der Waals surface area contributed by atoms with E-state index >= 15 is 0 Å². The maximum atomic E-state index is 13.6. The van der Waals surface area contributed by atoms with Crippen LogP contribution < -0.4 is 52.2 Å². The molecule has 0 radical (unpaired) electrons. The van der Waals surface area contributed by atoms with Gasteiger partial charge in [0.1, 0.15) is 29.3 Å². The van der Waals surface area contributed by atoms with E-state index in [2.05, 4.69) is 108 Å². The standard InChI is InChI=1S/C42H49N7O4.C37H47BN6O5.C16H22BrNO3/c1-3-38-36(39(47-33-16-20-52-21-17-33)37-27-46-49(4-2)40(37)48-38)26-45-42(51)32-12-6-11-31(23-32)41(50)44-25-28-8-5-9-29(22-28)30-10-7-13-35(24-30)53-34-14-18-43-19-15-34;1-7-31-29(32(42-28-15-17-47-18-16-28)30-23-41-44(8-2)33(30)43-31)22-40-35(46)26-13-10-12-25(20-26)34(45)39-21-24-11-9-14-27(19-24)38-48-36(3,4)37(5,6)49-38;1-16(2,3)21-15(19)18-9-7-13(8-10-18)20-14-6-4-5-12(17)11-14/h5-13,22-24,27,33-34,43H,3-4,14-21,25-26H2,1-2H3,(H,44,50)(H,45,51)(H,47,48);9-14,19-20,23,28H,7-8,15-18,21-22H2,1-6H3,(H,39,45)(H,40,46)(H,42,43);4-6,11,13H,7-10H2,1-3H3. The molecular formula is C95H118BBrN14O12. The molecule has 5 aliphatic rings. The number of aromatic nitrogens is 6. The number of rotatable bonds is 26. The van der Waals surface area contributed by atoms with E-state index in [1.54, 1.807) is 53.4 Å². The van der Waals surface area contributed by atoms with Crippen molar-refractivity contribution < 1.29 is 57.0 Å². The number of halogens is 1. The van der Waals surface area contributed by atoms with Crippen LogP contribution in [0.25, 0.3) is 33.2 Å². The van der Waals surface area contributed by atoms with Crippen LogP contribution in [-0.2, 0) is 75.6 Å². The van der Waals surface area contributed by atoms with Gasteiger partial charge in [0, 0.05) is 153 Å². The van der Waals surface area contributed by atoms with Gasteiger partial charge in [-0.3, -0.25) is 19.2 Å². The van der Waals surface area contributed by atoms with Crippen LogP contribution in [0.4, 0.5) is 16.2 Å². The average molecular weight is 1740 g/mol. The maximum Gasteiger partial charge on any atom is 0.494 e. The Balaban J connectivity index is 0.000000172. The third kappa shape index (κ3) is 23.6. The zero-order valence-electron chi connectivity index (χ0n) is 72.8. The second-order valence-corrected chi connectivity index (χ2v) is 34.7. The summed E-state index contributed by atoms with van der Waals surface area (Å²) in [6, 6.07) is 46.1. The number of nitrogens with zero attached hydrogens (tertiary/aromatic N) is 7. The van der Waals surface area contributed by atoms with E-state index in [-0.39, 0.29) is 67.1 Å². The highest BCUT2D eigenvalue weighted by molar-refractivity contribution is 9.10. The molecule has 5 fully saturated rings. The van der Waals surface area contributed by atoms with Crippen molar-refractivity contribution >= 4 is 91.7 Å². The lowest BCUT2D eigenvalue weighted by atomic mass is 9.78. The van der Waals surface area contributed by atoms with Gasteiger partial charge in [0.2, 0.25) is 0 Å². The summed E-state index contributed by atoms with van der Waals surface area (Å²) in [4.78, 5) is 77.3. The lowest BCUT2D eigenvalue weighted by Crippen LogP contribution is -2.44. The number of nitrogens with one attached hydrogen (secondary N) is 7. The molecule has 5 aliphatic heterocycles. The second kappa shape index (κ2) is 41.6. The second-order valence-electron chi connectivity index (χ2n) is 33.8. The Morgan fingerprint density at radius 3 is 1.40 bits per heavy atom. The first-order valence-electron chi connectivity index (χ1n) is 43.5. The molecule has 15 rings (SSSR count). The van der Waals surface area contributed by atoms with E-state index in [4.69, 9.17) is 43.0 Å². The van der Waals surface area contributed by atoms with Crippen molar-refractivity contribution in [3.05, 3.63) is 218 Å². The molecule has 6 aromatic carbocycles. The minimum absolute atomic E-state index is 0.151. The number of likely N-dealkylation sites (tertiary alicyclic amines) is 1. The number of amides is 5. The van der Waals surface area contributed by atoms with Crippen LogP contribution in [0.1, 0.15) is 203 Å². The third-order valence-electron chi connectivity index (χ3n) is 23.2. The van der Waals surface area contributed by atoms with Crippen molar-refractivity contribution in [3.63, 3.8) is 0 Å². The van der Waals surface area contributed by atoms with Crippen LogP contribution in [0.2, 0.25) is 0 Å². The fraction of sp³-hybridized carbons (Fsp3) is 0.442. The summed E-state index contributed by atoms with van der Waals surface area (Å²) in [5.41, 5.74) is 12.5. The van der Waals surface area contributed by atoms with Crippen LogP contribution in [0.5, 0.6) is 11.5 Å². The topological polar surface area (TPSA) is 299 Å². The number of benzene rings is 6. The Kier molecular flexibility index (Phi) is 30.5. The molecule has 0 bridgehead atoms. The molecular weight excluding hydrogens is 1620 g/mol. The first-order chi connectivity index (χ1) is 59.3. The number of fused-ring (bicyclic) bond motifs is 2. The van der Waals surface area contributed by atoms with Crippen LogP contribution >= 0.6 is 15.9 Å². The number of hydrogen-bond donors (Lipinski definition) is 7. The number of aryl methyl sites for hydroxylation is 4. The van der Waals surface area contributed by atoms with Gasteiger partial charge in [0.25, 0.3) is 23.6 Å². The largest absolute Gasteiger partial charge is 0.494 e. The highest BCUT2D eigenvalue weighted by Crippen LogP contribution is 2.38. The minimum Gasteiger partial charge on any atom is -0.490 e. The average Bonchev–Trinajstić information content (AvgIpc) is 1.67. The van der Waals surface area contributed by atoms with Crippen LogP contribution in [0.3, 0.4) is 0 Å². The van der Waals surface area contributed by atoms with Gasteiger partial charge in [-0.05, 0) is 227 Å². The smallest absolute Gasteiger partial charge is 0.490 e. The Morgan fingerprint density at radius 2 is 0.935 bits per heavy atom. The van der Waals surface area contributed by atoms with Crippen molar-refractivity contribution in [2.75, 3.05) is 63.2 Å². The fourth-order valence-electron chi connectivity index (χ4n) is 15.7. The van der Waals surface area contributed by atoms with Gasteiger partial charge in [-0.2, -0.15) is 10.2 Å². The fourth-order valence-corrected chi connectivity index (χ4v) is 16.1. The molecule has 123 heavy (non-hydrogen) atoms. The molecule has 0 unspecified atom stereocenters. The van der Waals surface area contributed by atoms with Gasteiger partial charge >= 0.3 is 13.2 Å². The van der Waals surface area contributed by atoms with Crippen molar-refractivity contribution in [1.29, 1.82) is 0 Å². The number of carbonyl (C=O) groups is 5. The van der Waals surface area contributed by atoms with Crippen molar-refractivity contribution in [3.8, 4) is 22.6 Å².